The van der Waals surface area contributed by atoms with E-state index in [9.17, 15) is 8.78 Å². The van der Waals surface area contributed by atoms with Crippen LogP contribution in [0, 0.1) is 18.3 Å². The number of halogens is 3. The zero-order valence-corrected chi connectivity index (χ0v) is 20.2. The van der Waals surface area contributed by atoms with Gasteiger partial charge in [0.05, 0.1) is 26.0 Å². The highest BCUT2D eigenvalue weighted by Crippen LogP contribution is 2.47. The van der Waals surface area contributed by atoms with Gasteiger partial charge < -0.3 is 14.5 Å². The van der Waals surface area contributed by atoms with E-state index in [0.29, 0.717) is 35.2 Å². The summed E-state index contributed by atoms with van der Waals surface area (Å²) in [6.45, 7) is -0.0723. The molecule has 5 atom stereocenters. The van der Waals surface area contributed by atoms with Gasteiger partial charge in [0, 0.05) is 46.3 Å². The van der Waals surface area contributed by atoms with Crippen molar-refractivity contribution in [3.63, 3.8) is 0 Å². The summed E-state index contributed by atoms with van der Waals surface area (Å²) in [4.78, 5) is 16.3. The second-order valence-corrected chi connectivity index (χ2v) is 10.3. The summed E-state index contributed by atoms with van der Waals surface area (Å²) in [7, 11) is 0. The highest BCUT2D eigenvalue weighted by atomic mass is 35.5. The lowest BCUT2D eigenvalue weighted by Gasteiger charge is -2.43. The van der Waals surface area contributed by atoms with E-state index in [0.717, 1.165) is 19.3 Å². The maximum Gasteiger partial charge on any atom is 0.318 e. The SMILES string of the molecule is [2H]C([2H])([2H])N1C[C@@](C)(C([2H])([2H])Oc2nc(N3CCCC[C@H]4[C@H](F)[C@H]43)c3cnc(Cl)c(C)c3n2)/C(=C/F)C[C@H]1C. The summed E-state index contributed by atoms with van der Waals surface area (Å²) in [5.74, 6) is 0.281. The monoisotopic (exact) mass is 496 g/mol. The molecule has 1 aliphatic carbocycles. The van der Waals surface area contributed by atoms with Crippen LogP contribution in [0.1, 0.15) is 51.9 Å². The normalized spacial score (nSPS) is 36.1. The fourth-order valence-corrected chi connectivity index (χ4v) is 5.34. The summed E-state index contributed by atoms with van der Waals surface area (Å²) in [5.41, 5.74) is -0.674. The Labute approximate surface area is 211 Å². The molecule has 9 heteroatoms. The third kappa shape index (κ3) is 4.02. The van der Waals surface area contributed by atoms with Crippen molar-refractivity contribution in [2.24, 2.45) is 11.3 Å². The molecule has 184 valence electrons. The molecule has 0 unspecified atom stereocenters. The molecule has 5 rings (SSSR count). The van der Waals surface area contributed by atoms with E-state index in [1.54, 1.807) is 13.8 Å². The molecule has 2 aromatic rings. The van der Waals surface area contributed by atoms with Crippen molar-refractivity contribution in [3.8, 4) is 6.01 Å². The van der Waals surface area contributed by atoms with Crippen molar-refractivity contribution < 1.29 is 20.4 Å². The average molecular weight is 497 g/mol. The predicted octanol–water partition coefficient (Wildman–Crippen LogP) is 5.28. The minimum atomic E-state index is -2.62. The molecule has 3 fully saturated rings. The molecule has 0 aromatic carbocycles. The van der Waals surface area contributed by atoms with E-state index in [2.05, 4.69) is 15.0 Å². The van der Waals surface area contributed by atoms with E-state index >= 15 is 0 Å². The first kappa shape index (κ1) is 18.2. The van der Waals surface area contributed by atoms with Crippen LogP contribution in [0.2, 0.25) is 5.15 Å². The van der Waals surface area contributed by atoms with E-state index in [-0.39, 0.29) is 41.7 Å². The fourth-order valence-electron chi connectivity index (χ4n) is 5.20. The maximum atomic E-state index is 14.7. The predicted molar refractivity (Wildman–Crippen MR) is 130 cm³/mol. The zero-order chi connectivity index (χ0) is 28.5. The van der Waals surface area contributed by atoms with Crippen LogP contribution in [0.5, 0.6) is 6.01 Å². The number of hydrogen-bond donors (Lipinski definition) is 0. The number of piperidine rings is 1. The number of aromatic nitrogens is 3. The molecular weight excluding hydrogens is 460 g/mol. The van der Waals surface area contributed by atoms with Gasteiger partial charge in [-0.3, -0.25) is 0 Å². The van der Waals surface area contributed by atoms with Crippen LogP contribution in [0.25, 0.3) is 10.9 Å². The van der Waals surface area contributed by atoms with Gasteiger partial charge in [0.15, 0.2) is 0 Å². The Morgan fingerprint density at radius 1 is 1.41 bits per heavy atom. The van der Waals surface area contributed by atoms with Crippen molar-refractivity contribution in [3.05, 3.63) is 28.8 Å². The number of fused-ring (bicyclic) bond motifs is 2. The molecular formula is C25H32ClF2N5O. The van der Waals surface area contributed by atoms with Crippen molar-refractivity contribution in [1.29, 1.82) is 0 Å². The van der Waals surface area contributed by atoms with Crippen LogP contribution < -0.4 is 9.64 Å². The van der Waals surface area contributed by atoms with E-state index in [4.69, 9.17) is 23.2 Å². The summed E-state index contributed by atoms with van der Waals surface area (Å²) in [6, 6.07) is -1.21. The molecule has 6 nitrogen and oxygen atoms in total. The Morgan fingerprint density at radius 2 is 2.24 bits per heavy atom. The highest BCUT2D eigenvalue weighted by Gasteiger charge is 2.55. The van der Waals surface area contributed by atoms with Gasteiger partial charge in [0.25, 0.3) is 0 Å². The third-order valence-corrected chi connectivity index (χ3v) is 7.85. The van der Waals surface area contributed by atoms with Crippen LogP contribution in [0.3, 0.4) is 0 Å². The lowest BCUT2D eigenvalue weighted by Crippen LogP contribution is -2.48. The molecule has 0 spiro atoms. The van der Waals surface area contributed by atoms with Gasteiger partial charge in [-0.1, -0.05) is 24.9 Å². The van der Waals surface area contributed by atoms with Crippen LogP contribution >= 0.6 is 11.6 Å². The number of ether oxygens (including phenoxy) is 1. The number of pyridine rings is 1. The Kier molecular flexibility index (Phi) is 4.76. The standard InChI is InChI=1S/C25H32ClF2N5O/c1-14-9-16(10-27)25(3,12-32(14)4)13-34-24-30-20-15(2)22(26)29-11-18(20)23(31-24)33-8-6-5-7-17-19(28)21(17)33/h10-11,14,17,19,21H,5-9,12-13H2,1-4H3/b16-10+/t14-,17+,19+,21+,25+/m1/s1/i4D3,13D2. The van der Waals surface area contributed by atoms with Gasteiger partial charge in [-0.05, 0) is 45.7 Å². The number of nitrogens with zero attached hydrogens (tertiary/aromatic N) is 5. The lowest BCUT2D eigenvalue weighted by atomic mass is 9.76. The Bertz CT molecular complexity index is 1310. The largest absolute Gasteiger partial charge is 0.462 e. The maximum absolute atomic E-state index is 14.7. The minimum Gasteiger partial charge on any atom is -0.462 e. The Hall–Kier alpha value is -2.06. The molecule has 3 aliphatic rings. The second-order valence-electron chi connectivity index (χ2n) is 9.91. The fraction of sp³-hybridized carbons (Fsp3) is 0.640. The van der Waals surface area contributed by atoms with Gasteiger partial charge >= 0.3 is 6.01 Å². The van der Waals surface area contributed by atoms with Crippen molar-refractivity contribution in [2.75, 3.05) is 31.5 Å². The molecule has 0 bridgehead atoms. The molecule has 0 amide bonds. The molecule has 34 heavy (non-hydrogen) atoms. The van der Waals surface area contributed by atoms with E-state index in [1.165, 1.54) is 18.0 Å². The Balaban J connectivity index is 1.58. The van der Waals surface area contributed by atoms with Crippen molar-refractivity contribution in [1.82, 2.24) is 19.9 Å². The second kappa shape index (κ2) is 8.86. The van der Waals surface area contributed by atoms with Crippen molar-refractivity contribution in [2.45, 2.75) is 64.7 Å². The first-order chi connectivity index (χ1) is 18.2. The summed E-state index contributed by atoms with van der Waals surface area (Å²) < 4.78 is 76.3. The molecule has 2 aliphatic heterocycles. The number of rotatable bonds is 4. The summed E-state index contributed by atoms with van der Waals surface area (Å²) >= 11 is 6.28. The van der Waals surface area contributed by atoms with Crippen LogP contribution in [0.4, 0.5) is 14.6 Å². The van der Waals surface area contributed by atoms with Crippen molar-refractivity contribution >= 4 is 28.3 Å². The topological polar surface area (TPSA) is 54.4 Å². The first-order valence-corrected chi connectivity index (χ1v) is 12.1. The number of anilines is 1. The smallest absolute Gasteiger partial charge is 0.318 e. The molecule has 2 saturated heterocycles. The molecule has 1 saturated carbocycles. The van der Waals surface area contributed by atoms with Gasteiger partial charge in [-0.15, -0.1) is 0 Å². The lowest BCUT2D eigenvalue weighted by molar-refractivity contribution is 0.0826. The number of aryl methyl sites for hydroxylation is 1. The quantitative estimate of drug-likeness (QED) is 0.537. The van der Waals surface area contributed by atoms with Crippen LogP contribution in [0.15, 0.2) is 18.1 Å². The third-order valence-electron chi connectivity index (χ3n) is 7.47. The molecule has 4 heterocycles. The molecule has 2 aromatic heterocycles. The first-order valence-electron chi connectivity index (χ1n) is 14.2. The van der Waals surface area contributed by atoms with Gasteiger partial charge in [-0.2, -0.15) is 9.97 Å². The summed E-state index contributed by atoms with van der Waals surface area (Å²) in [6.07, 6.45) is 3.40. The number of alkyl halides is 1. The van der Waals surface area contributed by atoms with Gasteiger partial charge in [0.2, 0.25) is 0 Å². The highest BCUT2D eigenvalue weighted by molar-refractivity contribution is 6.31. The minimum absolute atomic E-state index is 0.00715. The van der Waals surface area contributed by atoms with E-state index in [1.807, 2.05) is 4.90 Å². The molecule has 0 radical (unpaired) electrons. The number of likely N-dealkylation sites (tertiary alicyclic amines) is 1. The van der Waals surface area contributed by atoms with Crippen LogP contribution in [-0.4, -0.2) is 64.7 Å². The Morgan fingerprint density at radius 3 is 3.00 bits per heavy atom. The van der Waals surface area contributed by atoms with Crippen LogP contribution in [-0.2, 0) is 0 Å². The zero-order valence-electron chi connectivity index (χ0n) is 24.5. The van der Waals surface area contributed by atoms with Gasteiger partial charge in [-0.25, -0.2) is 13.8 Å². The average Bonchev–Trinajstić information content (AvgIpc) is 3.55. The number of hydrogen-bond acceptors (Lipinski definition) is 6. The summed E-state index contributed by atoms with van der Waals surface area (Å²) in [5, 5.41) is 0.744. The van der Waals surface area contributed by atoms with E-state index < -0.39 is 31.2 Å². The molecule has 0 N–H and O–H groups in total. The van der Waals surface area contributed by atoms with Gasteiger partial charge in [0.1, 0.15) is 23.7 Å².